The van der Waals surface area contributed by atoms with E-state index in [-0.39, 0.29) is 6.61 Å². The van der Waals surface area contributed by atoms with Crippen molar-refractivity contribution in [1.29, 1.82) is 0 Å². The summed E-state index contributed by atoms with van der Waals surface area (Å²) in [5.74, 6) is 0. The Bertz CT molecular complexity index is 265. The second kappa shape index (κ2) is 6.06. The van der Waals surface area contributed by atoms with E-state index >= 15 is 0 Å². The predicted molar refractivity (Wildman–Crippen MR) is 66.2 cm³/mol. The molecule has 0 aromatic heterocycles. The Morgan fingerprint density at radius 1 is 1.12 bits per heavy atom. The van der Waals surface area contributed by atoms with Crippen molar-refractivity contribution in [3.8, 4) is 0 Å². The van der Waals surface area contributed by atoms with Crippen LogP contribution in [-0.4, -0.2) is 54.2 Å². The van der Waals surface area contributed by atoms with Crippen molar-refractivity contribution in [1.82, 2.24) is 9.80 Å². The zero-order valence-electron chi connectivity index (χ0n) is 9.94. The van der Waals surface area contributed by atoms with Crippen LogP contribution in [0.1, 0.15) is 19.3 Å². The van der Waals surface area contributed by atoms with Crippen LogP contribution < -0.4 is 0 Å². The van der Waals surface area contributed by atoms with Gasteiger partial charge in [-0.05, 0) is 25.3 Å². The van der Waals surface area contributed by atoms with Crippen LogP contribution >= 0.6 is 0 Å². The normalized spacial score (nSPS) is 23.1. The zero-order chi connectivity index (χ0) is 11.2. The van der Waals surface area contributed by atoms with Gasteiger partial charge in [-0.1, -0.05) is 12.2 Å². The first kappa shape index (κ1) is 11.7. The Morgan fingerprint density at radius 2 is 1.94 bits per heavy atom. The molecule has 0 amide bonds. The Labute approximate surface area is 98.0 Å². The fraction of sp³-hybridized carbons (Fsp3) is 0.692. The highest BCUT2D eigenvalue weighted by molar-refractivity contribution is 5.19. The molecule has 16 heavy (non-hydrogen) atoms. The van der Waals surface area contributed by atoms with Crippen molar-refractivity contribution >= 4 is 0 Å². The molecule has 0 aromatic carbocycles. The molecule has 0 radical (unpaired) electrons. The van der Waals surface area contributed by atoms with Gasteiger partial charge in [0.15, 0.2) is 0 Å². The molecule has 1 N–H and O–H groups in total. The van der Waals surface area contributed by atoms with Gasteiger partial charge in [-0.25, -0.2) is 0 Å². The number of hydrogen-bond acceptors (Lipinski definition) is 3. The second-order valence-corrected chi connectivity index (χ2v) is 4.51. The van der Waals surface area contributed by atoms with Crippen molar-refractivity contribution in [3.05, 3.63) is 23.9 Å². The molecular weight excluding hydrogens is 200 g/mol. The molecule has 3 heteroatoms. The van der Waals surface area contributed by atoms with E-state index in [0.29, 0.717) is 0 Å². The minimum absolute atomic E-state index is 0.280. The predicted octanol–water partition coefficient (Wildman–Crippen LogP) is 1.22. The summed E-state index contributed by atoms with van der Waals surface area (Å²) in [5.41, 5.74) is 1.40. The van der Waals surface area contributed by atoms with Crippen LogP contribution in [0.3, 0.4) is 0 Å². The first-order valence-corrected chi connectivity index (χ1v) is 6.35. The summed E-state index contributed by atoms with van der Waals surface area (Å²) in [5, 5.41) is 8.89. The Kier molecular flexibility index (Phi) is 4.43. The summed E-state index contributed by atoms with van der Waals surface area (Å²) < 4.78 is 0. The zero-order valence-corrected chi connectivity index (χ0v) is 9.94. The van der Waals surface area contributed by atoms with Crippen LogP contribution in [0.15, 0.2) is 23.9 Å². The van der Waals surface area contributed by atoms with Gasteiger partial charge in [0, 0.05) is 38.4 Å². The summed E-state index contributed by atoms with van der Waals surface area (Å²) in [7, 11) is 0. The molecule has 1 fully saturated rings. The van der Waals surface area contributed by atoms with E-state index in [1.807, 2.05) is 0 Å². The van der Waals surface area contributed by atoms with Crippen molar-refractivity contribution in [2.75, 3.05) is 39.3 Å². The standard InChI is InChI=1S/C13H22N2O/c16-12-11-14-7-9-15(10-8-14)13-5-3-1-2-4-6-13/h3,5-6,16H,1-2,4,7-12H2. The number of piperazine rings is 1. The Morgan fingerprint density at radius 3 is 2.69 bits per heavy atom. The first-order chi connectivity index (χ1) is 7.90. The summed E-state index contributed by atoms with van der Waals surface area (Å²) in [6.07, 6.45) is 10.6. The minimum Gasteiger partial charge on any atom is -0.395 e. The number of aliphatic hydroxyl groups excluding tert-OH is 1. The maximum absolute atomic E-state index is 8.89. The third-order valence-corrected chi connectivity index (χ3v) is 3.37. The van der Waals surface area contributed by atoms with E-state index in [0.717, 1.165) is 32.7 Å². The topological polar surface area (TPSA) is 26.7 Å². The lowest BCUT2D eigenvalue weighted by atomic mass is 10.2. The average Bonchev–Trinajstić information content (AvgIpc) is 2.59. The van der Waals surface area contributed by atoms with Crippen LogP contribution in [0.2, 0.25) is 0 Å². The molecule has 0 bridgehead atoms. The molecule has 0 aromatic rings. The number of allylic oxidation sites excluding steroid dienone is 3. The number of nitrogens with zero attached hydrogens (tertiary/aromatic N) is 2. The van der Waals surface area contributed by atoms with Gasteiger partial charge in [0.05, 0.1) is 6.61 Å². The summed E-state index contributed by atoms with van der Waals surface area (Å²) in [6.45, 7) is 5.44. The Hall–Kier alpha value is -0.800. The van der Waals surface area contributed by atoms with E-state index in [1.165, 1.54) is 25.0 Å². The molecule has 1 heterocycles. The molecule has 1 aliphatic carbocycles. The SMILES string of the molecule is OCCN1CCN(C2=CCCCC=C2)CC1. The second-order valence-electron chi connectivity index (χ2n) is 4.51. The molecule has 2 rings (SSSR count). The van der Waals surface area contributed by atoms with E-state index in [4.69, 9.17) is 5.11 Å². The number of rotatable bonds is 3. The highest BCUT2D eigenvalue weighted by atomic mass is 16.3. The fourth-order valence-electron chi connectivity index (χ4n) is 2.36. The molecular formula is C13H22N2O. The maximum Gasteiger partial charge on any atom is 0.0558 e. The van der Waals surface area contributed by atoms with Crippen LogP contribution in [0.4, 0.5) is 0 Å². The van der Waals surface area contributed by atoms with Gasteiger partial charge in [-0.2, -0.15) is 0 Å². The van der Waals surface area contributed by atoms with Gasteiger partial charge in [0.25, 0.3) is 0 Å². The van der Waals surface area contributed by atoms with Gasteiger partial charge < -0.3 is 10.0 Å². The average molecular weight is 222 g/mol. The van der Waals surface area contributed by atoms with Gasteiger partial charge in [0.1, 0.15) is 0 Å². The number of β-amino-alcohol motifs (C(OH)–C–C–N with tert-alkyl or cyclic N) is 1. The molecule has 0 atom stereocenters. The van der Waals surface area contributed by atoms with Crippen molar-refractivity contribution in [3.63, 3.8) is 0 Å². The van der Waals surface area contributed by atoms with Crippen molar-refractivity contribution < 1.29 is 5.11 Å². The third-order valence-electron chi connectivity index (χ3n) is 3.37. The quantitative estimate of drug-likeness (QED) is 0.778. The molecule has 0 saturated carbocycles. The van der Waals surface area contributed by atoms with Gasteiger partial charge in [-0.3, -0.25) is 4.90 Å². The monoisotopic (exact) mass is 222 g/mol. The highest BCUT2D eigenvalue weighted by Crippen LogP contribution is 2.16. The smallest absolute Gasteiger partial charge is 0.0558 e. The summed E-state index contributed by atoms with van der Waals surface area (Å²) >= 11 is 0. The molecule has 1 aliphatic heterocycles. The van der Waals surface area contributed by atoms with E-state index in [9.17, 15) is 0 Å². The van der Waals surface area contributed by atoms with Gasteiger partial charge in [-0.15, -0.1) is 0 Å². The van der Waals surface area contributed by atoms with Crippen LogP contribution in [0.25, 0.3) is 0 Å². The van der Waals surface area contributed by atoms with Gasteiger partial charge >= 0.3 is 0 Å². The highest BCUT2D eigenvalue weighted by Gasteiger charge is 2.17. The first-order valence-electron chi connectivity index (χ1n) is 6.35. The van der Waals surface area contributed by atoms with Crippen molar-refractivity contribution in [2.24, 2.45) is 0 Å². The Balaban J connectivity index is 1.85. The van der Waals surface area contributed by atoms with E-state index < -0.39 is 0 Å². The van der Waals surface area contributed by atoms with Crippen LogP contribution in [0, 0.1) is 0 Å². The third kappa shape index (κ3) is 3.09. The molecule has 2 aliphatic rings. The molecule has 3 nitrogen and oxygen atoms in total. The fourth-order valence-corrected chi connectivity index (χ4v) is 2.36. The lowest BCUT2D eigenvalue weighted by molar-refractivity contribution is 0.133. The number of aliphatic hydroxyl groups is 1. The van der Waals surface area contributed by atoms with Crippen molar-refractivity contribution in [2.45, 2.75) is 19.3 Å². The van der Waals surface area contributed by atoms with Gasteiger partial charge in [0.2, 0.25) is 0 Å². The molecule has 90 valence electrons. The van der Waals surface area contributed by atoms with E-state index in [2.05, 4.69) is 28.0 Å². The van der Waals surface area contributed by atoms with Crippen LogP contribution in [-0.2, 0) is 0 Å². The molecule has 0 unspecified atom stereocenters. The summed E-state index contributed by atoms with van der Waals surface area (Å²) in [4.78, 5) is 4.80. The lowest BCUT2D eigenvalue weighted by Crippen LogP contribution is -2.46. The largest absolute Gasteiger partial charge is 0.395 e. The van der Waals surface area contributed by atoms with Crippen LogP contribution in [0.5, 0.6) is 0 Å². The lowest BCUT2D eigenvalue weighted by Gasteiger charge is -2.36. The molecule has 0 spiro atoms. The number of hydrogen-bond donors (Lipinski definition) is 1. The molecule has 1 saturated heterocycles. The maximum atomic E-state index is 8.89. The summed E-state index contributed by atoms with van der Waals surface area (Å²) in [6, 6.07) is 0. The van der Waals surface area contributed by atoms with E-state index in [1.54, 1.807) is 0 Å². The minimum atomic E-state index is 0.280.